The number of pyridine rings is 1. The maximum atomic E-state index is 13.3. The maximum absolute atomic E-state index is 13.3. The van der Waals surface area contributed by atoms with Crippen molar-refractivity contribution >= 4 is 12.0 Å². The van der Waals surface area contributed by atoms with Crippen LogP contribution in [0.15, 0.2) is 54.7 Å². The molecular weight excluding hydrogens is 330 g/mol. The number of rotatable bonds is 4. The standard InChI is InChI=1S/C20H23N3O3/c1-2-26-20(25)23-14-12-22(13-15-23)19(24)18(16-8-4-3-5-9-16)17-10-6-7-11-21-17/h3-11,18H,2,12-15H2,1H3. The van der Waals surface area contributed by atoms with E-state index in [2.05, 4.69) is 4.98 Å². The zero-order valence-corrected chi connectivity index (χ0v) is 14.9. The Bertz CT molecular complexity index is 689. The van der Waals surface area contributed by atoms with Gasteiger partial charge < -0.3 is 14.5 Å². The monoisotopic (exact) mass is 353 g/mol. The van der Waals surface area contributed by atoms with Crippen LogP contribution in [-0.2, 0) is 9.53 Å². The van der Waals surface area contributed by atoms with Crippen molar-refractivity contribution in [1.82, 2.24) is 14.8 Å². The van der Waals surface area contributed by atoms with E-state index in [1.165, 1.54) is 0 Å². The molecule has 2 heterocycles. The van der Waals surface area contributed by atoms with Crippen molar-refractivity contribution in [1.29, 1.82) is 0 Å². The van der Waals surface area contributed by atoms with Crippen LogP contribution in [0.2, 0.25) is 0 Å². The second-order valence-electron chi connectivity index (χ2n) is 6.11. The number of ether oxygens (including phenoxy) is 1. The Hall–Kier alpha value is -2.89. The van der Waals surface area contributed by atoms with Crippen LogP contribution in [0.4, 0.5) is 4.79 Å². The summed E-state index contributed by atoms with van der Waals surface area (Å²) in [6, 6.07) is 15.3. The van der Waals surface area contributed by atoms with Gasteiger partial charge in [-0.05, 0) is 24.6 Å². The SMILES string of the molecule is CCOC(=O)N1CCN(C(=O)C(c2ccccc2)c2ccccn2)CC1. The van der Waals surface area contributed by atoms with Gasteiger partial charge >= 0.3 is 6.09 Å². The average molecular weight is 353 g/mol. The van der Waals surface area contributed by atoms with Crippen LogP contribution in [0, 0.1) is 0 Å². The maximum Gasteiger partial charge on any atom is 0.409 e. The lowest BCUT2D eigenvalue weighted by Gasteiger charge is -2.35. The third-order valence-corrected chi connectivity index (χ3v) is 4.48. The number of hydrogen-bond acceptors (Lipinski definition) is 4. The lowest BCUT2D eigenvalue weighted by atomic mass is 9.93. The Labute approximate surface area is 153 Å². The summed E-state index contributed by atoms with van der Waals surface area (Å²) in [7, 11) is 0. The minimum absolute atomic E-state index is 0.0124. The Balaban J connectivity index is 1.76. The number of benzene rings is 1. The first-order chi connectivity index (χ1) is 12.7. The van der Waals surface area contributed by atoms with Gasteiger partial charge in [-0.2, -0.15) is 0 Å². The van der Waals surface area contributed by atoms with E-state index in [1.807, 2.05) is 53.4 Å². The van der Waals surface area contributed by atoms with E-state index in [-0.39, 0.29) is 12.0 Å². The van der Waals surface area contributed by atoms with Crippen molar-refractivity contribution < 1.29 is 14.3 Å². The van der Waals surface area contributed by atoms with E-state index < -0.39 is 5.92 Å². The first-order valence-corrected chi connectivity index (χ1v) is 8.87. The van der Waals surface area contributed by atoms with Crippen LogP contribution in [0.1, 0.15) is 24.1 Å². The highest BCUT2D eigenvalue weighted by Gasteiger charge is 2.31. The molecule has 3 rings (SSSR count). The zero-order chi connectivity index (χ0) is 18.4. The summed E-state index contributed by atoms with van der Waals surface area (Å²) in [6.45, 7) is 4.09. The fourth-order valence-electron chi connectivity index (χ4n) is 3.14. The molecule has 0 bridgehead atoms. The zero-order valence-electron chi connectivity index (χ0n) is 14.9. The smallest absolute Gasteiger partial charge is 0.409 e. The number of carbonyl (C=O) groups is 2. The number of hydrogen-bond donors (Lipinski definition) is 0. The first kappa shape index (κ1) is 17.9. The van der Waals surface area contributed by atoms with E-state index >= 15 is 0 Å². The van der Waals surface area contributed by atoms with E-state index in [4.69, 9.17) is 4.74 Å². The molecule has 0 spiro atoms. The topological polar surface area (TPSA) is 62.7 Å². The summed E-state index contributed by atoms with van der Waals surface area (Å²) in [4.78, 5) is 33.0. The van der Waals surface area contributed by atoms with Gasteiger partial charge in [-0.25, -0.2) is 4.79 Å². The number of carbonyl (C=O) groups excluding carboxylic acids is 2. The molecule has 0 aliphatic carbocycles. The highest BCUT2D eigenvalue weighted by Crippen LogP contribution is 2.26. The molecule has 0 saturated carbocycles. The van der Waals surface area contributed by atoms with E-state index in [0.717, 1.165) is 11.3 Å². The molecule has 1 atom stereocenters. The van der Waals surface area contributed by atoms with E-state index in [9.17, 15) is 9.59 Å². The lowest BCUT2D eigenvalue weighted by molar-refractivity contribution is -0.133. The molecule has 1 aliphatic rings. The van der Waals surface area contributed by atoms with Gasteiger partial charge in [0, 0.05) is 32.4 Å². The van der Waals surface area contributed by atoms with Crippen molar-refractivity contribution in [2.24, 2.45) is 0 Å². The van der Waals surface area contributed by atoms with Gasteiger partial charge in [-0.1, -0.05) is 36.4 Å². The Morgan fingerprint density at radius 1 is 1.00 bits per heavy atom. The van der Waals surface area contributed by atoms with Crippen LogP contribution in [0.5, 0.6) is 0 Å². The summed E-state index contributed by atoms with van der Waals surface area (Å²) >= 11 is 0. The number of nitrogens with zero attached hydrogens (tertiary/aromatic N) is 3. The fraction of sp³-hybridized carbons (Fsp3) is 0.350. The lowest BCUT2D eigenvalue weighted by Crippen LogP contribution is -2.51. The number of piperazine rings is 1. The molecule has 1 aromatic carbocycles. The molecule has 0 N–H and O–H groups in total. The summed E-state index contributed by atoms with van der Waals surface area (Å²) in [6.07, 6.45) is 1.39. The minimum Gasteiger partial charge on any atom is -0.450 e. The Morgan fingerprint density at radius 3 is 2.27 bits per heavy atom. The van der Waals surface area contributed by atoms with Crippen molar-refractivity contribution in [2.45, 2.75) is 12.8 Å². The normalized spacial score (nSPS) is 15.4. The van der Waals surface area contributed by atoms with Crippen LogP contribution >= 0.6 is 0 Å². The second kappa shape index (κ2) is 8.47. The largest absolute Gasteiger partial charge is 0.450 e. The first-order valence-electron chi connectivity index (χ1n) is 8.87. The molecule has 1 fully saturated rings. The predicted molar refractivity (Wildman–Crippen MR) is 97.7 cm³/mol. The minimum atomic E-state index is -0.438. The third-order valence-electron chi connectivity index (χ3n) is 4.48. The molecule has 1 aromatic heterocycles. The van der Waals surface area contributed by atoms with E-state index in [0.29, 0.717) is 32.8 Å². The number of aromatic nitrogens is 1. The summed E-state index contributed by atoms with van der Waals surface area (Å²) in [5.74, 6) is -0.426. The molecule has 0 radical (unpaired) electrons. The van der Waals surface area contributed by atoms with Gasteiger partial charge in [0.05, 0.1) is 12.3 Å². The van der Waals surface area contributed by atoms with Crippen molar-refractivity contribution in [3.8, 4) is 0 Å². The average Bonchev–Trinajstić information content (AvgIpc) is 2.70. The Morgan fingerprint density at radius 2 is 1.65 bits per heavy atom. The van der Waals surface area contributed by atoms with Gasteiger partial charge in [0.25, 0.3) is 0 Å². The van der Waals surface area contributed by atoms with Crippen LogP contribution < -0.4 is 0 Å². The quantitative estimate of drug-likeness (QED) is 0.847. The molecule has 2 amide bonds. The molecule has 1 aliphatic heterocycles. The van der Waals surface area contributed by atoms with Gasteiger partial charge in [0.1, 0.15) is 5.92 Å². The summed E-state index contributed by atoms with van der Waals surface area (Å²) < 4.78 is 5.04. The summed E-state index contributed by atoms with van der Waals surface area (Å²) in [5.41, 5.74) is 1.65. The highest BCUT2D eigenvalue weighted by atomic mass is 16.6. The molecule has 6 nitrogen and oxygen atoms in total. The third kappa shape index (κ3) is 4.02. The molecule has 2 aromatic rings. The summed E-state index contributed by atoms with van der Waals surface area (Å²) in [5, 5.41) is 0. The van der Waals surface area contributed by atoms with E-state index in [1.54, 1.807) is 18.0 Å². The molecule has 136 valence electrons. The Kier molecular flexibility index (Phi) is 5.84. The van der Waals surface area contributed by atoms with Crippen LogP contribution in [0.25, 0.3) is 0 Å². The van der Waals surface area contributed by atoms with Crippen LogP contribution in [0.3, 0.4) is 0 Å². The van der Waals surface area contributed by atoms with Crippen LogP contribution in [-0.4, -0.2) is 59.6 Å². The fourth-order valence-corrected chi connectivity index (χ4v) is 3.14. The van der Waals surface area contributed by atoms with Gasteiger partial charge in [-0.3, -0.25) is 9.78 Å². The molecule has 6 heteroatoms. The number of amides is 2. The molecular formula is C20H23N3O3. The molecule has 1 unspecified atom stereocenters. The molecule has 26 heavy (non-hydrogen) atoms. The van der Waals surface area contributed by atoms with Gasteiger partial charge in [-0.15, -0.1) is 0 Å². The van der Waals surface area contributed by atoms with Crippen molar-refractivity contribution in [2.75, 3.05) is 32.8 Å². The van der Waals surface area contributed by atoms with Crippen molar-refractivity contribution in [3.63, 3.8) is 0 Å². The van der Waals surface area contributed by atoms with Gasteiger partial charge in [0.2, 0.25) is 5.91 Å². The second-order valence-corrected chi connectivity index (χ2v) is 6.11. The highest BCUT2D eigenvalue weighted by molar-refractivity contribution is 5.87. The van der Waals surface area contributed by atoms with Gasteiger partial charge in [0.15, 0.2) is 0 Å². The van der Waals surface area contributed by atoms with Crippen molar-refractivity contribution in [3.05, 3.63) is 66.0 Å². The molecule has 1 saturated heterocycles. The predicted octanol–water partition coefficient (Wildman–Crippen LogP) is 2.51.